The molecule has 5 nitrogen and oxygen atoms in total. The van der Waals surface area contributed by atoms with Crippen molar-refractivity contribution in [3.05, 3.63) is 77.5 Å². The van der Waals surface area contributed by atoms with Crippen molar-refractivity contribution in [2.45, 2.75) is 38.3 Å². The summed E-state index contributed by atoms with van der Waals surface area (Å²) >= 11 is 0. The molecule has 2 atom stereocenters. The van der Waals surface area contributed by atoms with E-state index in [2.05, 4.69) is 34.7 Å². The number of fused-ring (bicyclic) bond motifs is 1. The third kappa shape index (κ3) is 5.99. The van der Waals surface area contributed by atoms with Crippen LogP contribution in [-0.4, -0.2) is 40.2 Å². The van der Waals surface area contributed by atoms with Crippen LogP contribution in [0.15, 0.2) is 60.7 Å². The van der Waals surface area contributed by atoms with Crippen LogP contribution in [0.25, 0.3) is 5.69 Å². The van der Waals surface area contributed by atoms with Gasteiger partial charge in [-0.15, -0.1) is 24.8 Å². The summed E-state index contributed by atoms with van der Waals surface area (Å²) in [6.45, 7) is 2.69. The quantitative estimate of drug-likeness (QED) is 0.573. The smallest absolute Gasteiger partial charge is 0.216 e. The van der Waals surface area contributed by atoms with Crippen LogP contribution in [0.4, 0.5) is 0 Å². The lowest BCUT2D eigenvalue weighted by atomic mass is 9.88. The summed E-state index contributed by atoms with van der Waals surface area (Å²) in [6, 6.07) is 20.8. The summed E-state index contributed by atoms with van der Waals surface area (Å²) in [5.74, 6) is 0.648. The number of rotatable bonds is 7. The molecule has 0 aliphatic heterocycles. The highest BCUT2D eigenvalue weighted by Crippen LogP contribution is 2.21. The van der Waals surface area contributed by atoms with Crippen LogP contribution in [-0.2, 0) is 12.8 Å². The van der Waals surface area contributed by atoms with E-state index in [-0.39, 0.29) is 31.4 Å². The van der Waals surface area contributed by atoms with E-state index in [1.54, 1.807) is 4.68 Å². The second-order valence-electron chi connectivity index (χ2n) is 7.45. The fourth-order valence-corrected chi connectivity index (χ4v) is 3.75. The van der Waals surface area contributed by atoms with Gasteiger partial charge in [-0.05, 0) is 49.4 Å². The van der Waals surface area contributed by atoms with Gasteiger partial charge in [-0.25, -0.2) is 4.68 Å². The fourth-order valence-electron chi connectivity index (χ4n) is 3.75. The fraction of sp³-hybridized carbons (Fsp3) is 0.348. The number of para-hydroxylation sites is 1. The van der Waals surface area contributed by atoms with Crippen molar-refractivity contribution in [1.29, 1.82) is 0 Å². The molecular weight excluding hydrogens is 421 g/mol. The van der Waals surface area contributed by atoms with Gasteiger partial charge in [-0.1, -0.05) is 42.5 Å². The molecule has 0 amide bonds. The number of halogens is 2. The van der Waals surface area contributed by atoms with Crippen LogP contribution in [0, 0.1) is 6.92 Å². The van der Waals surface area contributed by atoms with E-state index in [9.17, 15) is 5.11 Å². The normalized spacial score (nSPS) is 16.0. The number of aliphatic hydroxyl groups excluding tert-OH is 1. The molecule has 2 unspecified atom stereocenters. The molecule has 0 radical (unpaired) electrons. The van der Waals surface area contributed by atoms with E-state index >= 15 is 0 Å². The number of aromatic nitrogens is 2. The molecular formula is C23H29Cl2N3O2. The zero-order chi connectivity index (χ0) is 19.3. The van der Waals surface area contributed by atoms with Gasteiger partial charge >= 0.3 is 0 Å². The van der Waals surface area contributed by atoms with Gasteiger partial charge in [0.15, 0.2) is 0 Å². The van der Waals surface area contributed by atoms with E-state index in [0.717, 1.165) is 30.6 Å². The van der Waals surface area contributed by atoms with Crippen LogP contribution < -0.4 is 10.1 Å². The van der Waals surface area contributed by atoms with Gasteiger partial charge in [0.2, 0.25) is 5.88 Å². The van der Waals surface area contributed by atoms with Gasteiger partial charge in [-0.3, -0.25) is 0 Å². The minimum absolute atomic E-state index is 0. The molecule has 3 aromatic rings. The highest BCUT2D eigenvalue weighted by Gasteiger charge is 2.19. The lowest BCUT2D eigenvalue weighted by Crippen LogP contribution is -2.40. The van der Waals surface area contributed by atoms with Gasteiger partial charge in [-0.2, -0.15) is 5.10 Å². The second-order valence-corrected chi connectivity index (χ2v) is 7.45. The van der Waals surface area contributed by atoms with E-state index < -0.39 is 6.10 Å². The number of ether oxygens (including phenoxy) is 1. The number of nitrogens with one attached hydrogen (secondary N) is 1. The largest absolute Gasteiger partial charge is 0.475 e. The average Bonchev–Trinajstić information content (AvgIpc) is 3.12. The molecule has 0 spiro atoms. The van der Waals surface area contributed by atoms with Crippen molar-refractivity contribution >= 4 is 24.8 Å². The van der Waals surface area contributed by atoms with Crippen LogP contribution >= 0.6 is 24.8 Å². The van der Waals surface area contributed by atoms with Crippen LogP contribution in [0.5, 0.6) is 5.88 Å². The highest BCUT2D eigenvalue weighted by atomic mass is 35.5. The van der Waals surface area contributed by atoms with Crippen molar-refractivity contribution in [3.63, 3.8) is 0 Å². The number of hydrogen-bond donors (Lipinski definition) is 2. The molecule has 1 aromatic heterocycles. The number of aryl methyl sites for hydroxylation is 2. The Balaban J connectivity index is 0.00000160. The van der Waals surface area contributed by atoms with Crippen molar-refractivity contribution in [3.8, 4) is 11.6 Å². The maximum Gasteiger partial charge on any atom is 0.216 e. The standard InChI is InChI=1S/C23H27N3O2.2ClH/c1-17-13-23(26(25-17)21-9-3-2-4-10-21)28-16-22(27)15-24-20-12-11-18-7-5-6-8-19(18)14-20;;/h2-10,13,20,22,24,27H,11-12,14-16H2,1H3;2*1H. The lowest BCUT2D eigenvalue weighted by Gasteiger charge is -2.26. The number of hydrogen-bond acceptors (Lipinski definition) is 4. The van der Waals surface area contributed by atoms with Gasteiger partial charge in [0.05, 0.1) is 11.4 Å². The summed E-state index contributed by atoms with van der Waals surface area (Å²) in [5.41, 5.74) is 4.69. The Morgan fingerprint density at radius 3 is 2.57 bits per heavy atom. The van der Waals surface area contributed by atoms with Gasteiger partial charge in [0.1, 0.15) is 12.7 Å². The van der Waals surface area contributed by atoms with E-state index in [4.69, 9.17) is 4.74 Å². The molecule has 30 heavy (non-hydrogen) atoms. The van der Waals surface area contributed by atoms with Crippen molar-refractivity contribution in [2.75, 3.05) is 13.2 Å². The molecule has 4 rings (SSSR count). The first kappa shape index (κ1) is 24.2. The maximum atomic E-state index is 10.4. The zero-order valence-electron chi connectivity index (χ0n) is 17.0. The van der Waals surface area contributed by atoms with Gasteiger partial charge < -0.3 is 15.2 Å². The SMILES string of the molecule is Cc1cc(OCC(O)CNC2CCc3ccccc3C2)n(-c2ccccc2)n1.Cl.Cl. The summed E-state index contributed by atoms with van der Waals surface area (Å²) in [7, 11) is 0. The molecule has 1 aliphatic rings. The topological polar surface area (TPSA) is 59.3 Å². The van der Waals surface area contributed by atoms with Crippen LogP contribution in [0.3, 0.4) is 0 Å². The predicted octanol–water partition coefficient (Wildman–Crippen LogP) is 3.91. The summed E-state index contributed by atoms with van der Waals surface area (Å²) in [4.78, 5) is 0. The Hall–Kier alpha value is -2.05. The van der Waals surface area contributed by atoms with Crippen LogP contribution in [0.2, 0.25) is 0 Å². The maximum absolute atomic E-state index is 10.4. The minimum atomic E-state index is -0.573. The monoisotopic (exact) mass is 449 g/mol. The molecule has 2 aromatic carbocycles. The third-order valence-electron chi connectivity index (χ3n) is 5.21. The zero-order valence-corrected chi connectivity index (χ0v) is 18.7. The first-order chi connectivity index (χ1) is 13.7. The molecule has 0 saturated carbocycles. The summed E-state index contributed by atoms with van der Waals surface area (Å²) in [5, 5.41) is 18.4. The molecule has 2 N–H and O–H groups in total. The minimum Gasteiger partial charge on any atom is -0.475 e. The molecule has 1 aliphatic carbocycles. The third-order valence-corrected chi connectivity index (χ3v) is 5.21. The first-order valence-corrected chi connectivity index (χ1v) is 9.92. The molecule has 0 bridgehead atoms. The summed E-state index contributed by atoms with van der Waals surface area (Å²) in [6.07, 6.45) is 2.64. The highest BCUT2D eigenvalue weighted by molar-refractivity contribution is 5.85. The Morgan fingerprint density at radius 2 is 1.80 bits per heavy atom. The Bertz CT molecular complexity index is 918. The summed E-state index contributed by atoms with van der Waals surface area (Å²) < 4.78 is 7.65. The number of benzene rings is 2. The van der Waals surface area contributed by atoms with Crippen LogP contribution in [0.1, 0.15) is 23.2 Å². The van der Waals surface area contributed by atoms with E-state index in [1.165, 1.54) is 11.1 Å². The molecule has 162 valence electrons. The van der Waals surface area contributed by atoms with E-state index in [1.807, 2.05) is 43.3 Å². The van der Waals surface area contributed by atoms with Gasteiger partial charge in [0.25, 0.3) is 0 Å². The second kappa shape index (κ2) is 11.4. The molecule has 1 heterocycles. The first-order valence-electron chi connectivity index (χ1n) is 9.92. The molecule has 0 fully saturated rings. The van der Waals surface area contributed by atoms with Crippen molar-refractivity contribution in [1.82, 2.24) is 15.1 Å². The Labute approximate surface area is 190 Å². The number of nitrogens with zero attached hydrogens (tertiary/aromatic N) is 2. The van der Waals surface area contributed by atoms with E-state index in [0.29, 0.717) is 18.5 Å². The molecule has 0 saturated heterocycles. The Morgan fingerprint density at radius 1 is 1.10 bits per heavy atom. The van der Waals surface area contributed by atoms with Gasteiger partial charge in [0, 0.05) is 18.7 Å². The average molecular weight is 450 g/mol. The number of aliphatic hydroxyl groups is 1. The van der Waals surface area contributed by atoms with Crippen molar-refractivity contribution < 1.29 is 9.84 Å². The lowest BCUT2D eigenvalue weighted by molar-refractivity contribution is 0.0990. The van der Waals surface area contributed by atoms with Crippen molar-refractivity contribution in [2.24, 2.45) is 0 Å². The molecule has 7 heteroatoms. The predicted molar refractivity (Wildman–Crippen MR) is 125 cm³/mol. The Kier molecular flexibility index (Phi) is 9.18.